The summed E-state index contributed by atoms with van der Waals surface area (Å²) in [5, 5.41) is 8.66. The molecule has 0 heterocycles. The normalized spacial score (nSPS) is 12.0. The highest BCUT2D eigenvalue weighted by molar-refractivity contribution is 5.77. The molecule has 0 fully saturated rings. The average molecular weight is 280 g/mol. The fourth-order valence-corrected chi connectivity index (χ4v) is 3.23. The minimum absolute atomic E-state index is 0.290. The number of carbonyl (C=O) groups is 1. The maximum absolute atomic E-state index is 10.5. The second-order valence-corrected chi connectivity index (χ2v) is 5.73. The van der Waals surface area contributed by atoms with E-state index in [-0.39, 0.29) is 0 Å². The maximum atomic E-state index is 10.5. The molecule has 1 aliphatic carbocycles. The summed E-state index contributed by atoms with van der Waals surface area (Å²) < 4.78 is 0. The predicted octanol–water partition coefficient (Wildman–Crippen LogP) is 4.45. The van der Waals surface area contributed by atoms with Gasteiger partial charge in [-0.2, -0.15) is 0 Å². The van der Waals surface area contributed by atoms with Crippen LogP contribution >= 0.6 is 0 Å². The van der Waals surface area contributed by atoms with Gasteiger partial charge in [-0.25, -0.2) is 0 Å². The zero-order valence-electron chi connectivity index (χ0n) is 12.1. The molecule has 108 valence electrons. The van der Waals surface area contributed by atoms with E-state index in [0.717, 1.165) is 32.1 Å². The molecule has 0 saturated carbocycles. The molecule has 0 saturated heterocycles. The Bertz CT molecular complexity index is 658. The van der Waals surface area contributed by atoms with Crippen LogP contribution in [0.5, 0.6) is 0 Å². The monoisotopic (exact) mass is 280 g/mol. The van der Waals surface area contributed by atoms with Crippen LogP contribution in [0.25, 0.3) is 11.1 Å². The van der Waals surface area contributed by atoms with Gasteiger partial charge >= 0.3 is 5.97 Å². The number of carboxylic acid groups (broad SMARTS) is 1. The summed E-state index contributed by atoms with van der Waals surface area (Å²) >= 11 is 0. The van der Waals surface area contributed by atoms with E-state index >= 15 is 0 Å². The molecule has 0 radical (unpaired) electrons. The molecular formula is C19H20O2. The quantitative estimate of drug-likeness (QED) is 0.677. The molecule has 2 aromatic rings. The lowest BCUT2D eigenvalue weighted by molar-refractivity contribution is -0.137. The number of unbranched alkanes of at least 4 members (excludes halogenated alkanes) is 2. The Labute approximate surface area is 125 Å². The van der Waals surface area contributed by atoms with E-state index in [2.05, 4.69) is 42.5 Å². The number of aliphatic carboxylic acids is 1. The van der Waals surface area contributed by atoms with E-state index in [0.29, 0.717) is 6.42 Å². The van der Waals surface area contributed by atoms with Gasteiger partial charge in [0, 0.05) is 6.42 Å². The highest BCUT2D eigenvalue weighted by Crippen LogP contribution is 2.38. The zero-order chi connectivity index (χ0) is 14.7. The van der Waals surface area contributed by atoms with Crippen LogP contribution in [0, 0.1) is 0 Å². The van der Waals surface area contributed by atoms with Crippen molar-refractivity contribution in [3.63, 3.8) is 0 Å². The van der Waals surface area contributed by atoms with Crippen molar-refractivity contribution in [3.05, 3.63) is 59.2 Å². The van der Waals surface area contributed by atoms with E-state index in [1.807, 2.05) is 0 Å². The number of benzene rings is 2. The molecule has 2 aromatic carbocycles. The van der Waals surface area contributed by atoms with E-state index in [1.165, 1.54) is 27.8 Å². The van der Waals surface area contributed by atoms with E-state index in [4.69, 9.17) is 5.11 Å². The van der Waals surface area contributed by atoms with Crippen LogP contribution in [0.2, 0.25) is 0 Å². The second-order valence-electron chi connectivity index (χ2n) is 5.73. The van der Waals surface area contributed by atoms with Crippen molar-refractivity contribution in [3.8, 4) is 11.1 Å². The minimum Gasteiger partial charge on any atom is -0.481 e. The van der Waals surface area contributed by atoms with Gasteiger partial charge in [0.1, 0.15) is 0 Å². The second kappa shape index (κ2) is 6.13. The third-order valence-corrected chi connectivity index (χ3v) is 4.28. The summed E-state index contributed by atoms with van der Waals surface area (Å²) in [6, 6.07) is 15.2. The van der Waals surface area contributed by atoms with Crippen molar-refractivity contribution in [1.29, 1.82) is 0 Å². The van der Waals surface area contributed by atoms with Gasteiger partial charge in [0.2, 0.25) is 0 Å². The Balaban J connectivity index is 1.68. The summed E-state index contributed by atoms with van der Waals surface area (Å²) in [6.45, 7) is 0. The summed E-state index contributed by atoms with van der Waals surface area (Å²) in [5.41, 5.74) is 7.08. The smallest absolute Gasteiger partial charge is 0.303 e. The number of carboxylic acids is 1. The predicted molar refractivity (Wildman–Crippen MR) is 84.5 cm³/mol. The van der Waals surface area contributed by atoms with Crippen molar-refractivity contribution in [2.75, 3.05) is 0 Å². The summed E-state index contributed by atoms with van der Waals surface area (Å²) in [5.74, 6) is -0.689. The van der Waals surface area contributed by atoms with Crippen LogP contribution in [0.1, 0.15) is 42.4 Å². The molecule has 0 amide bonds. The van der Waals surface area contributed by atoms with E-state index in [1.54, 1.807) is 0 Å². The van der Waals surface area contributed by atoms with E-state index < -0.39 is 5.97 Å². The number of hydrogen-bond donors (Lipinski definition) is 1. The van der Waals surface area contributed by atoms with Gasteiger partial charge in [-0.05, 0) is 53.5 Å². The first-order valence-corrected chi connectivity index (χ1v) is 7.66. The van der Waals surface area contributed by atoms with Gasteiger partial charge < -0.3 is 5.11 Å². The van der Waals surface area contributed by atoms with Crippen LogP contribution in [0.4, 0.5) is 0 Å². The molecule has 0 aliphatic heterocycles. The molecule has 0 unspecified atom stereocenters. The summed E-state index contributed by atoms with van der Waals surface area (Å²) in [7, 11) is 0. The lowest BCUT2D eigenvalue weighted by Gasteiger charge is -2.08. The van der Waals surface area contributed by atoms with Gasteiger partial charge in [0.05, 0.1) is 0 Å². The van der Waals surface area contributed by atoms with Crippen molar-refractivity contribution in [1.82, 2.24) is 0 Å². The Hall–Kier alpha value is -2.09. The zero-order valence-corrected chi connectivity index (χ0v) is 12.1. The number of rotatable bonds is 6. The minimum atomic E-state index is -0.689. The molecule has 0 atom stereocenters. The van der Waals surface area contributed by atoms with Crippen molar-refractivity contribution in [2.45, 2.75) is 38.5 Å². The van der Waals surface area contributed by atoms with Crippen LogP contribution < -0.4 is 0 Å². The average Bonchev–Trinajstić information content (AvgIpc) is 2.86. The number of fused-ring (bicyclic) bond motifs is 3. The van der Waals surface area contributed by atoms with Gasteiger partial charge in [-0.1, -0.05) is 48.9 Å². The first kappa shape index (κ1) is 13.9. The number of hydrogen-bond acceptors (Lipinski definition) is 1. The highest BCUT2D eigenvalue weighted by atomic mass is 16.4. The molecule has 0 spiro atoms. The maximum Gasteiger partial charge on any atom is 0.303 e. The Morgan fingerprint density at radius 2 is 1.76 bits per heavy atom. The lowest BCUT2D eigenvalue weighted by atomic mass is 9.97. The van der Waals surface area contributed by atoms with Crippen LogP contribution in [0.3, 0.4) is 0 Å². The van der Waals surface area contributed by atoms with Gasteiger partial charge in [0.15, 0.2) is 0 Å². The van der Waals surface area contributed by atoms with Gasteiger partial charge in [0.25, 0.3) is 0 Å². The Morgan fingerprint density at radius 3 is 2.62 bits per heavy atom. The molecule has 1 N–H and O–H groups in total. The van der Waals surface area contributed by atoms with Crippen molar-refractivity contribution >= 4 is 5.97 Å². The summed E-state index contributed by atoms with van der Waals surface area (Å²) in [6.07, 6.45) is 5.22. The molecule has 3 rings (SSSR count). The molecule has 21 heavy (non-hydrogen) atoms. The van der Waals surface area contributed by atoms with Crippen LogP contribution in [0.15, 0.2) is 42.5 Å². The standard InChI is InChI=1S/C19H20O2/c20-19(21)12-3-1-2-7-14-9-6-11-17-16-10-5-4-8-15(16)13-18(14)17/h4-6,8-11H,1-3,7,12-13H2,(H,20,21). The lowest BCUT2D eigenvalue weighted by Crippen LogP contribution is -1.96. The fraction of sp³-hybridized carbons (Fsp3) is 0.316. The van der Waals surface area contributed by atoms with Gasteiger partial charge in [-0.3, -0.25) is 4.79 Å². The van der Waals surface area contributed by atoms with Crippen LogP contribution in [-0.2, 0) is 17.6 Å². The largest absolute Gasteiger partial charge is 0.481 e. The topological polar surface area (TPSA) is 37.3 Å². The third-order valence-electron chi connectivity index (χ3n) is 4.28. The highest BCUT2D eigenvalue weighted by Gasteiger charge is 2.19. The third kappa shape index (κ3) is 2.99. The van der Waals surface area contributed by atoms with Gasteiger partial charge in [-0.15, -0.1) is 0 Å². The molecular weight excluding hydrogens is 260 g/mol. The Kier molecular flexibility index (Phi) is 4.05. The van der Waals surface area contributed by atoms with Crippen molar-refractivity contribution in [2.24, 2.45) is 0 Å². The summed E-state index contributed by atoms with van der Waals surface area (Å²) in [4.78, 5) is 10.5. The van der Waals surface area contributed by atoms with E-state index in [9.17, 15) is 4.79 Å². The molecule has 2 nitrogen and oxygen atoms in total. The molecule has 0 bridgehead atoms. The fourth-order valence-electron chi connectivity index (χ4n) is 3.23. The SMILES string of the molecule is O=C(O)CCCCCc1cccc2c1Cc1ccccc1-2. The molecule has 2 heteroatoms. The number of aryl methyl sites for hydroxylation is 1. The van der Waals surface area contributed by atoms with Crippen LogP contribution in [-0.4, -0.2) is 11.1 Å². The Morgan fingerprint density at radius 1 is 0.952 bits per heavy atom. The van der Waals surface area contributed by atoms with Crippen molar-refractivity contribution < 1.29 is 9.90 Å². The first-order valence-electron chi connectivity index (χ1n) is 7.66. The molecule has 0 aromatic heterocycles. The first-order chi connectivity index (χ1) is 10.3. The molecule has 1 aliphatic rings.